The van der Waals surface area contributed by atoms with Crippen molar-refractivity contribution in [3.05, 3.63) is 0 Å². The molecule has 84 valence electrons. The first kappa shape index (κ1) is 12.4. The highest BCUT2D eigenvalue weighted by Gasteiger charge is 2.24. The van der Waals surface area contributed by atoms with E-state index in [1.807, 2.05) is 0 Å². The summed E-state index contributed by atoms with van der Waals surface area (Å²) < 4.78 is 0. The van der Waals surface area contributed by atoms with Crippen molar-refractivity contribution in [2.45, 2.75) is 46.0 Å². The van der Waals surface area contributed by atoms with Gasteiger partial charge < -0.3 is 4.90 Å². The quantitative estimate of drug-likeness (QED) is 0.544. The summed E-state index contributed by atoms with van der Waals surface area (Å²) in [4.78, 5) is 2.63. The van der Waals surface area contributed by atoms with Crippen molar-refractivity contribution in [2.75, 3.05) is 25.4 Å². The predicted octanol–water partition coefficient (Wildman–Crippen LogP) is 3.21. The smallest absolute Gasteiger partial charge is 0.00136 e. The van der Waals surface area contributed by atoms with Crippen molar-refractivity contribution in [1.82, 2.24) is 4.90 Å². The molecule has 0 saturated carbocycles. The number of unbranched alkanes of at least 4 members (excludes halogenated alkanes) is 2. The molecular weight excluding hydrogens is 190 g/mol. The van der Waals surface area contributed by atoms with Crippen molar-refractivity contribution in [3.8, 4) is 0 Å². The summed E-state index contributed by atoms with van der Waals surface area (Å²) in [5, 5.41) is 0. The molecule has 1 fully saturated rings. The van der Waals surface area contributed by atoms with Crippen molar-refractivity contribution in [3.63, 3.8) is 0 Å². The second-order valence-electron chi connectivity index (χ2n) is 5.29. The number of hydrogen-bond acceptors (Lipinski definition) is 2. The van der Waals surface area contributed by atoms with Gasteiger partial charge >= 0.3 is 0 Å². The van der Waals surface area contributed by atoms with Crippen LogP contribution in [-0.4, -0.2) is 30.3 Å². The van der Waals surface area contributed by atoms with E-state index in [1.54, 1.807) is 0 Å². The van der Waals surface area contributed by atoms with Gasteiger partial charge in [-0.25, -0.2) is 0 Å². The fourth-order valence-electron chi connectivity index (χ4n) is 2.01. The summed E-state index contributed by atoms with van der Waals surface area (Å²) >= 11 is 4.23. The highest BCUT2D eigenvalue weighted by molar-refractivity contribution is 7.80. The van der Waals surface area contributed by atoms with Crippen LogP contribution in [0.5, 0.6) is 0 Å². The van der Waals surface area contributed by atoms with E-state index in [0.717, 1.165) is 5.75 Å². The zero-order valence-electron chi connectivity index (χ0n) is 9.76. The van der Waals surface area contributed by atoms with Crippen LogP contribution in [0.25, 0.3) is 0 Å². The Hall–Kier alpha value is 0.310. The minimum absolute atomic E-state index is 0.599. The second kappa shape index (κ2) is 6.02. The van der Waals surface area contributed by atoms with Gasteiger partial charge in [-0.2, -0.15) is 12.6 Å². The molecule has 0 aromatic rings. The van der Waals surface area contributed by atoms with Gasteiger partial charge in [0.05, 0.1) is 0 Å². The Labute approximate surface area is 94.7 Å². The van der Waals surface area contributed by atoms with Crippen LogP contribution in [0.3, 0.4) is 0 Å². The van der Waals surface area contributed by atoms with E-state index >= 15 is 0 Å². The van der Waals surface area contributed by atoms with E-state index in [2.05, 4.69) is 31.4 Å². The van der Waals surface area contributed by atoms with E-state index in [4.69, 9.17) is 0 Å². The molecule has 0 spiro atoms. The molecule has 1 aliphatic heterocycles. The maximum Gasteiger partial charge on any atom is -0.00136 e. The molecule has 0 unspecified atom stereocenters. The van der Waals surface area contributed by atoms with Gasteiger partial charge in [-0.1, -0.05) is 20.3 Å². The average molecular weight is 215 g/mol. The summed E-state index contributed by atoms with van der Waals surface area (Å²) in [5.41, 5.74) is 0.599. The van der Waals surface area contributed by atoms with Crippen molar-refractivity contribution < 1.29 is 0 Å². The minimum Gasteiger partial charge on any atom is -0.303 e. The first-order valence-electron chi connectivity index (χ1n) is 5.97. The molecular formula is C12H25NS. The molecule has 2 heteroatoms. The molecule has 1 rings (SSSR count). The van der Waals surface area contributed by atoms with Crippen LogP contribution in [0.15, 0.2) is 0 Å². The van der Waals surface area contributed by atoms with Gasteiger partial charge in [-0.3, -0.25) is 0 Å². The Kier molecular flexibility index (Phi) is 5.32. The first-order chi connectivity index (χ1) is 6.64. The number of piperidine rings is 1. The van der Waals surface area contributed by atoms with Crippen LogP contribution in [0.2, 0.25) is 0 Å². The van der Waals surface area contributed by atoms with Crippen molar-refractivity contribution >= 4 is 12.6 Å². The van der Waals surface area contributed by atoms with E-state index in [0.29, 0.717) is 5.41 Å². The molecule has 0 aliphatic carbocycles. The standard InChI is InChI=1S/C12H25NS/c1-12(2)6-9-13(10-7-12)8-4-3-5-11-14/h14H,3-11H2,1-2H3. The Morgan fingerprint density at radius 1 is 1.07 bits per heavy atom. The number of nitrogens with zero attached hydrogens (tertiary/aromatic N) is 1. The van der Waals surface area contributed by atoms with Crippen LogP contribution < -0.4 is 0 Å². The summed E-state index contributed by atoms with van der Waals surface area (Å²) in [6, 6.07) is 0. The third-order valence-electron chi connectivity index (χ3n) is 3.34. The van der Waals surface area contributed by atoms with Crippen molar-refractivity contribution in [2.24, 2.45) is 5.41 Å². The van der Waals surface area contributed by atoms with Crippen LogP contribution in [0, 0.1) is 5.41 Å². The van der Waals surface area contributed by atoms with Gasteiger partial charge in [0.15, 0.2) is 0 Å². The molecule has 0 bridgehead atoms. The van der Waals surface area contributed by atoms with Crippen LogP contribution in [0.4, 0.5) is 0 Å². The maximum atomic E-state index is 4.23. The summed E-state index contributed by atoms with van der Waals surface area (Å²) in [6.45, 7) is 8.72. The third kappa shape index (κ3) is 4.70. The lowest BCUT2D eigenvalue weighted by Crippen LogP contribution is -2.37. The minimum atomic E-state index is 0.599. The Bertz CT molecular complexity index is 146. The fraction of sp³-hybridized carbons (Fsp3) is 1.00. The van der Waals surface area contributed by atoms with Gasteiger partial charge in [-0.15, -0.1) is 0 Å². The summed E-state index contributed by atoms with van der Waals surface area (Å²) in [6.07, 6.45) is 6.74. The molecule has 0 aromatic carbocycles. The van der Waals surface area contributed by atoms with Crippen molar-refractivity contribution in [1.29, 1.82) is 0 Å². The SMILES string of the molecule is CC1(C)CCN(CCCCCS)CC1. The zero-order valence-corrected chi connectivity index (χ0v) is 10.7. The average Bonchev–Trinajstić information content (AvgIpc) is 2.15. The number of likely N-dealkylation sites (tertiary alicyclic amines) is 1. The molecule has 1 nitrogen and oxygen atoms in total. The lowest BCUT2D eigenvalue weighted by Gasteiger charge is -2.36. The van der Waals surface area contributed by atoms with Crippen LogP contribution >= 0.6 is 12.6 Å². The predicted molar refractivity (Wildman–Crippen MR) is 67.2 cm³/mol. The highest BCUT2D eigenvalue weighted by atomic mass is 32.1. The zero-order chi connectivity index (χ0) is 10.4. The number of hydrogen-bond donors (Lipinski definition) is 1. The molecule has 0 aromatic heterocycles. The fourth-order valence-corrected chi connectivity index (χ4v) is 2.23. The monoisotopic (exact) mass is 215 g/mol. The maximum absolute atomic E-state index is 4.23. The van der Waals surface area contributed by atoms with Gasteiger partial charge in [0.1, 0.15) is 0 Å². The van der Waals surface area contributed by atoms with Gasteiger partial charge in [0.25, 0.3) is 0 Å². The molecule has 1 aliphatic rings. The summed E-state index contributed by atoms with van der Waals surface area (Å²) in [5.74, 6) is 1.05. The highest BCUT2D eigenvalue weighted by Crippen LogP contribution is 2.29. The molecule has 1 saturated heterocycles. The second-order valence-corrected chi connectivity index (χ2v) is 5.74. The molecule has 0 atom stereocenters. The molecule has 0 N–H and O–H groups in total. The van der Waals surface area contributed by atoms with Gasteiger partial charge in [0, 0.05) is 0 Å². The topological polar surface area (TPSA) is 3.24 Å². The summed E-state index contributed by atoms with van der Waals surface area (Å²) in [7, 11) is 0. The Morgan fingerprint density at radius 3 is 2.29 bits per heavy atom. The van der Waals surface area contributed by atoms with E-state index in [-0.39, 0.29) is 0 Å². The lowest BCUT2D eigenvalue weighted by molar-refractivity contribution is 0.131. The number of rotatable bonds is 5. The first-order valence-corrected chi connectivity index (χ1v) is 6.60. The molecule has 0 amide bonds. The van der Waals surface area contributed by atoms with E-state index in [1.165, 1.54) is 51.7 Å². The Balaban J connectivity index is 2.04. The van der Waals surface area contributed by atoms with Crippen LogP contribution in [-0.2, 0) is 0 Å². The van der Waals surface area contributed by atoms with Crippen LogP contribution in [0.1, 0.15) is 46.0 Å². The Morgan fingerprint density at radius 2 is 1.71 bits per heavy atom. The van der Waals surface area contributed by atoms with E-state index < -0.39 is 0 Å². The van der Waals surface area contributed by atoms with Gasteiger partial charge in [0.2, 0.25) is 0 Å². The molecule has 1 heterocycles. The largest absolute Gasteiger partial charge is 0.303 e. The van der Waals surface area contributed by atoms with E-state index in [9.17, 15) is 0 Å². The molecule has 14 heavy (non-hydrogen) atoms. The normalized spacial score (nSPS) is 22.5. The lowest BCUT2D eigenvalue weighted by atomic mass is 9.82. The number of thiol groups is 1. The molecule has 0 radical (unpaired) electrons. The third-order valence-corrected chi connectivity index (χ3v) is 3.66. The van der Waals surface area contributed by atoms with Gasteiger partial charge in [-0.05, 0) is 56.5 Å².